The van der Waals surface area contributed by atoms with Gasteiger partial charge in [-0.3, -0.25) is 5.32 Å². The molecule has 0 aliphatic carbocycles. The summed E-state index contributed by atoms with van der Waals surface area (Å²) >= 11 is 0. The largest absolute Gasteiger partial charge is 0.497 e. The third-order valence-electron chi connectivity index (χ3n) is 1.77. The SMILES string of the molecule is CCOC(=O)Nc1ccc(OC)cc1N. The fourth-order valence-electron chi connectivity index (χ4n) is 1.06. The van der Waals surface area contributed by atoms with Crippen LogP contribution < -0.4 is 15.8 Å². The van der Waals surface area contributed by atoms with Crippen LogP contribution in [-0.4, -0.2) is 19.8 Å². The van der Waals surface area contributed by atoms with Crippen LogP contribution in [0.15, 0.2) is 18.2 Å². The highest BCUT2D eigenvalue weighted by Gasteiger charge is 2.05. The van der Waals surface area contributed by atoms with Gasteiger partial charge in [0.2, 0.25) is 0 Å². The van der Waals surface area contributed by atoms with Gasteiger partial charge in [0.25, 0.3) is 0 Å². The monoisotopic (exact) mass is 210 g/mol. The van der Waals surface area contributed by atoms with Crippen LogP contribution in [0, 0.1) is 0 Å². The van der Waals surface area contributed by atoms with E-state index in [4.69, 9.17) is 15.2 Å². The lowest BCUT2D eigenvalue weighted by Crippen LogP contribution is -2.14. The van der Waals surface area contributed by atoms with E-state index < -0.39 is 6.09 Å². The lowest BCUT2D eigenvalue weighted by Gasteiger charge is -2.09. The van der Waals surface area contributed by atoms with Gasteiger partial charge in [0.15, 0.2) is 0 Å². The van der Waals surface area contributed by atoms with Crippen molar-refractivity contribution in [2.45, 2.75) is 6.92 Å². The molecule has 0 atom stereocenters. The Labute approximate surface area is 88.2 Å². The molecule has 0 aromatic heterocycles. The van der Waals surface area contributed by atoms with Crippen LogP contribution in [0.1, 0.15) is 6.92 Å². The van der Waals surface area contributed by atoms with Gasteiger partial charge in [-0.25, -0.2) is 4.79 Å². The molecule has 0 aliphatic heterocycles. The molecule has 3 N–H and O–H groups in total. The number of nitrogens with two attached hydrogens (primary N) is 1. The van der Waals surface area contributed by atoms with Gasteiger partial charge in [0.05, 0.1) is 25.1 Å². The first-order chi connectivity index (χ1) is 7.17. The van der Waals surface area contributed by atoms with Crippen LogP contribution in [0.4, 0.5) is 16.2 Å². The molecule has 0 unspecified atom stereocenters. The maximum absolute atomic E-state index is 11.1. The summed E-state index contributed by atoms with van der Waals surface area (Å²) in [4.78, 5) is 11.1. The lowest BCUT2D eigenvalue weighted by molar-refractivity contribution is 0.168. The smallest absolute Gasteiger partial charge is 0.411 e. The summed E-state index contributed by atoms with van der Waals surface area (Å²) in [7, 11) is 1.55. The van der Waals surface area contributed by atoms with E-state index in [0.717, 1.165) is 0 Å². The van der Waals surface area contributed by atoms with Crippen LogP contribution in [0.25, 0.3) is 0 Å². The molecule has 0 saturated carbocycles. The first kappa shape index (κ1) is 11.2. The van der Waals surface area contributed by atoms with Crippen molar-refractivity contribution in [2.24, 2.45) is 0 Å². The maximum atomic E-state index is 11.1. The fourth-order valence-corrected chi connectivity index (χ4v) is 1.06. The Morgan fingerprint density at radius 2 is 2.27 bits per heavy atom. The lowest BCUT2D eigenvalue weighted by atomic mass is 10.2. The molecule has 0 heterocycles. The fraction of sp³-hybridized carbons (Fsp3) is 0.300. The number of carbonyl (C=O) groups is 1. The minimum absolute atomic E-state index is 0.321. The van der Waals surface area contributed by atoms with Gasteiger partial charge in [-0.1, -0.05) is 0 Å². The van der Waals surface area contributed by atoms with E-state index in [2.05, 4.69) is 5.32 Å². The second-order valence-electron chi connectivity index (χ2n) is 2.80. The second kappa shape index (κ2) is 5.09. The molecule has 5 nitrogen and oxygen atoms in total. The Morgan fingerprint density at radius 3 is 2.80 bits per heavy atom. The molecule has 0 radical (unpaired) electrons. The summed E-state index contributed by atoms with van der Waals surface area (Å²) < 4.78 is 9.70. The molecule has 1 aromatic rings. The third kappa shape index (κ3) is 3.05. The zero-order valence-corrected chi connectivity index (χ0v) is 8.74. The van der Waals surface area contributed by atoms with E-state index in [-0.39, 0.29) is 0 Å². The van der Waals surface area contributed by atoms with Crippen molar-refractivity contribution < 1.29 is 14.3 Å². The highest BCUT2D eigenvalue weighted by atomic mass is 16.5. The Balaban J connectivity index is 2.73. The van der Waals surface area contributed by atoms with Gasteiger partial charge in [-0.2, -0.15) is 0 Å². The number of anilines is 2. The zero-order chi connectivity index (χ0) is 11.3. The number of hydrogen-bond acceptors (Lipinski definition) is 4. The first-order valence-corrected chi connectivity index (χ1v) is 4.54. The van der Waals surface area contributed by atoms with E-state index in [1.165, 1.54) is 0 Å². The molecule has 0 aliphatic rings. The van der Waals surface area contributed by atoms with E-state index in [1.807, 2.05) is 0 Å². The Bertz CT molecular complexity index is 353. The van der Waals surface area contributed by atoms with E-state index >= 15 is 0 Å². The first-order valence-electron chi connectivity index (χ1n) is 4.54. The molecule has 0 spiro atoms. The Kier molecular flexibility index (Phi) is 3.79. The molecule has 0 fully saturated rings. The number of nitrogen functional groups attached to an aromatic ring is 1. The van der Waals surface area contributed by atoms with Crippen LogP contribution in [-0.2, 0) is 4.74 Å². The van der Waals surface area contributed by atoms with E-state index in [0.29, 0.717) is 23.7 Å². The molecule has 0 saturated heterocycles. The minimum atomic E-state index is -0.519. The van der Waals surface area contributed by atoms with Gasteiger partial charge in [0.1, 0.15) is 5.75 Å². The van der Waals surface area contributed by atoms with Crippen molar-refractivity contribution >= 4 is 17.5 Å². The summed E-state index contributed by atoms with van der Waals surface area (Å²) in [6.07, 6.45) is -0.519. The molecule has 82 valence electrons. The van der Waals surface area contributed by atoms with Crippen molar-refractivity contribution in [1.82, 2.24) is 0 Å². The number of nitrogens with one attached hydrogen (secondary N) is 1. The van der Waals surface area contributed by atoms with Crippen LogP contribution in [0.2, 0.25) is 0 Å². The molecular formula is C10H14N2O3. The number of rotatable bonds is 3. The van der Waals surface area contributed by atoms with E-state index in [1.54, 1.807) is 32.2 Å². The van der Waals surface area contributed by atoms with E-state index in [9.17, 15) is 4.79 Å². The zero-order valence-electron chi connectivity index (χ0n) is 8.74. The van der Waals surface area contributed by atoms with Crippen molar-refractivity contribution in [3.8, 4) is 5.75 Å². The molecule has 0 bridgehead atoms. The number of methoxy groups -OCH3 is 1. The van der Waals surface area contributed by atoms with Crippen LogP contribution >= 0.6 is 0 Å². The maximum Gasteiger partial charge on any atom is 0.411 e. The normalized spacial score (nSPS) is 9.47. The van der Waals surface area contributed by atoms with Crippen LogP contribution in [0.5, 0.6) is 5.75 Å². The Hall–Kier alpha value is -1.91. The summed E-state index contributed by atoms with van der Waals surface area (Å²) in [5.41, 5.74) is 6.63. The Morgan fingerprint density at radius 1 is 1.53 bits per heavy atom. The predicted octanol–water partition coefficient (Wildman–Crippen LogP) is 1.85. The molecule has 5 heteroatoms. The van der Waals surface area contributed by atoms with Gasteiger partial charge in [-0.05, 0) is 19.1 Å². The van der Waals surface area contributed by atoms with Gasteiger partial charge in [0, 0.05) is 6.07 Å². The molecule has 1 rings (SSSR count). The number of amides is 1. The van der Waals surface area contributed by atoms with Crippen molar-refractivity contribution in [3.05, 3.63) is 18.2 Å². The van der Waals surface area contributed by atoms with Crippen molar-refractivity contribution in [3.63, 3.8) is 0 Å². The summed E-state index contributed by atoms with van der Waals surface area (Å²) in [5, 5.41) is 2.52. The number of hydrogen-bond donors (Lipinski definition) is 2. The average Bonchev–Trinajstić information content (AvgIpc) is 2.21. The highest BCUT2D eigenvalue weighted by molar-refractivity contribution is 5.89. The third-order valence-corrected chi connectivity index (χ3v) is 1.77. The quantitative estimate of drug-likeness (QED) is 0.746. The van der Waals surface area contributed by atoms with Crippen molar-refractivity contribution in [1.29, 1.82) is 0 Å². The topological polar surface area (TPSA) is 73.6 Å². The molecule has 1 amide bonds. The van der Waals surface area contributed by atoms with Gasteiger partial charge >= 0.3 is 6.09 Å². The number of carbonyl (C=O) groups excluding carboxylic acids is 1. The predicted molar refractivity (Wildman–Crippen MR) is 58.1 cm³/mol. The average molecular weight is 210 g/mol. The van der Waals surface area contributed by atoms with Gasteiger partial charge < -0.3 is 15.2 Å². The highest BCUT2D eigenvalue weighted by Crippen LogP contribution is 2.23. The minimum Gasteiger partial charge on any atom is -0.497 e. The van der Waals surface area contributed by atoms with Crippen LogP contribution in [0.3, 0.4) is 0 Å². The number of ether oxygens (including phenoxy) is 2. The molecule has 15 heavy (non-hydrogen) atoms. The van der Waals surface area contributed by atoms with Gasteiger partial charge in [-0.15, -0.1) is 0 Å². The standard InChI is InChI=1S/C10H14N2O3/c1-3-15-10(13)12-9-5-4-7(14-2)6-8(9)11/h4-6H,3,11H2,1-2H3,(H,12,13). The molecular weight excluding hydrogens is 196 g/mol. The summed E-state index contributed by atoms with van der Waals surface area (Å²) in [6.45, 7) is 2.05. The summed E-state index contributed by atoms with van der Waals surface area (Å²) in [6, 6.07) is 4.99. The second-order valence-corrected chi connectivity index (χ2v) is 2.80. The number of benzene rings is 1. The van der Waals surface area contributed by atoms with Crippen molar-refractivity contribution in [2.75, 3.05) is 24.8 Å². The molecule has 1 aromatic carbocycles. The summed E-state index contributed by atoms with van der Waals surface area (Å²) in [5.74, 6) is 0.641.